The average molecular weight is 350 g/mol. The number of amides is 1. The Hall–Kier alpha value is -1.89. The molecule has 1 aromatic heterocycles. The van der Waals surface area contributed by atoms with Crippen LogP contribution in [0.2, 0.25) is 0 Å². The van der Waals surface area contributed by atoms with Gasteiger partial charge in [-0.3, -0.25) is 0 Å². The zero-order chi connectivity index (χ0) is 18.4. The van der Waals surface area contributed by atoms with Gasteiger partial charge >= 0.3 is 6.09 Å². The topological polar surface area (TPSA) is 103 Å². The highest BCUT2D eigenvalue weighted by Crippen LogP contribution is 2.32. The zero-order valence-corrected chi connectivity index (χ0v) is 15.7. The highest BCUT2D eigenvalue weighted by Gasteiger charge is 2.23. The predicted molar refractivity (Wildman–Crippen MR) is 95.0 cm³/mol. The van der Waals surface area contributed by atoms with Crippen LogP contribution in [0.4, 0.5) is 4.79 Å². The number of nitrogens with zero attached hydrogens (tertiary/aromatic N) is 2. The maximum atomic E-state index is 11.5. The van der Waals surface area contributed by atoms with Crippen molar-refractivity contribution >= 4 is 6.09 Å². The number of carbonyl (C=O) groups excluding carboxylic acids is 1. The van der Waals surface area contributed by atoms with Crippen molar-refractivity contribution in [3.05, 3.63) is 23.4 Å². The smallest absolute Gasteiger partial charge is 0.407 e. The molecule has 2 unspecified atom stereocenters. The molecule has 0 aromatic carbocycles. The van der Waals surface area contributed by atoms with E-state index in [4.69, 9.17) is 15.0 Å². The first-order chi connectivity index (χ1) is 11.7. The van der Waals surface area contributed by atoms with Crippen molar-refractivity contribution in [3.63, 3.8) is 0 Å². The minimum atomic E-state index is -0.477. The van der Waals surface area contributed by atoms with Gasteiger partial charge in [0.05, 0.1) is 6.04 Å². The van der Waals surface area contributed by atoms with Crippen LogP contribution in [-0.2, 0) is 4.74 Å². The molecule has 1 aromatic rings. The second-order valence-electron chi connectivity index (χ2n) is 7.71. The third kappa shape index (κ3) is 6.49. The molecule has 0 aliphatic heterocycles. The summed E-state index contributed by atoms with van der Waals surface area (Å²) < 4.78 is 10.5. The van der Waals surface area contributed by atoms with E-state index >= 15 is 0 Å². The van der Waals surface area contributed by atoms with Gasteiger partial charge in [-0.25, -0.2) is 4.79 Å². The molecule has 0 bridgehead atoms. The van der Waals surface area contributed by atoms with E-state index in [9.17, 15) is 4.79 Å². The molecule has 140 valence electrons. The standard InChI is InChI=1S/C18H30N4O3/c1-12-8-9-13(11-12)15-21-16(25-22-15)14(19)7-5-6-10-20-17(23)24-18(2,3)4/h8,13-14H,5-7,9-11,19H2,1-4H3,(H,20,23). The first kappa shape index (κ1) is 19.4. The number of hydrogen-bond acceptors (Lipinski definition) is 6. The number of nitrogens with one attached hydrogen (secondary N) is 1. The SMILES string of the molecule is CC1=CCC(c2noc(C(N)CCCCNC(=O)OC(C)(C)C)n2)C1. The molecular weight excluding hydrogens is 320 g/mol. The molecule has 0 saturated heterocycles. The van der Waals surface area contributed by atoms with Crippen LogP contribution in [0.5, 0.6) is 0 Å². The van der Waals surface area contributed by atoms with Crippen molar-refractivity contribution in [2.75, 3.05) is 6.54 Å². The van der Waals surface area contributed by atoms with Gasteiger partial charge in [0.2, 0.25) is 5.89 Å². The van der Waals surface area contributed by atoms with E-state index in [0.717, 1.165) is 37.9 Å². The molecule has 0 radical (unpaired) electrons. The lowest BCUT2D eigenvalue weighted by Crippen LogP contribution is -2.33. The van der Waals surface area contributed by atoms with Crippen LogP contribution in [0.1, 0.15) is 83.5 Å². The van der Waals surface area contributed by atoms with Gasteiger partial charge in [0.15, 0.2) is 5.82 Å². The van der Waals surface area contributed by atoms with Gasteiger partial charge in [-0.1, -0.05) is 16.8 Å². The Morgan fingerprint density at radius 3 is 2.88 bits per heavy atom. The van der Waals surface area contributed by atoms with Crippen molar-refractivity contribution in [2.24, 2.45) is 5.73 Å². The van der Waals surface area contributed by atoms with E-state index in [1.165, 1.54) is 5.57 Å². The van der Waals surface area contributed by atoms with Gasteiger partial charge in [0.1, 0.15) is 5.60 Å². The minimum Gasteiger partial charge on any atom is -0.444 e. The lowest BCUT2D eigenvalue weighted by atomic mass is 10.1. The predicted octanol–water partition coefficient (Wildman–Crippen LogP) is 3.59. The number of hydrogen-bond donors (Lipinski definition) is 2. The molecule has 0 spiro atoms. The van der Waals surface area contributed by atoms with E-state index in [1.54, 1.807) is 0 Å². The molecule has 7 nitrogen and oxygen atoms in total. The minimum absolute atomic E-state index is 0.266. The fourth-order valence-corrected chi connectivity index (χ4v) is 2.78. The lowest BCUT2D eigenvalue weighted by molar-refractivity contribution is 0.0527. The Morgan fingerprint density at radius 2 is 2.24 bits per heavy atom. The van der Waals surface area contributed by atoms with Crippen LogP contribution < -0.4 is 11.1 Å². The summed E-state index contributed by atoms with van der Waals surface area (Å²) in [5, 5.41) is 6.82. The molecule has 2 atom stereocenters. The third-order valence-corrected chi connectivity index (χ3v) is 4.07. The number of allylic oxidation sites excluding steroid dienone is 2. The summed E-state index contributed by atoms with van der Waals surface area (Å²) in [6.45, 7) is 8.20. The van der Waals surface area contributed by atoms with Crippen molar-refractivity contribution in [1.29, 1.82) is 0 Å². The van der Waals surface area contributed by atoms with Crippen LogP contribution in [0.3, 0.4) is 0 Å². The monoisotopic (exact) mass is 350 g/mol. The van der Waals surface area contributed by atoms with Crippen LogP contribution in [0, 0.1) is 0 Å². The van der Waals surface area contributed by atoms with Gasteiger partial charge in [-0.05, 0) is 59.8 Å². The fourth-order valence-electron chi connectivity index (χ4n) is 2.78. The number of rotatable bonds is 7. The summed E-state index contributed by atoms with van der Waals surface area (Å²) in [5.74, 6) is 1.58. The summed E-state index contributed by atoms with van der Waals surface area (Å²) in [5.41, 5.74) is 7.03. The summed E-state index contributed by atoms with van der Waals surface area (Å²) in [4.78, 5) is 16.0. The summed E-state index contributed by atoms with van der Waals surface area (Å²) in [7, 11) is 0. The maximum absolute atomic E-state index is 11.5. The van der Waals surface area contributed by atoms with Gasteiger partial charge in [-0.2, -0.15) is 4.98 Å². The van der Waals surface area contributed by atoms with Gasteiger partial charge in [0.25, 0.3) is 0 Å². The first-order valence-electron chi connectivity index (χ1n) is 8.96. The normalized spacial score (nSPS) is 18.8. The lowest BCUT2D eigenvalue weighted by Gasteiger charge is -2.19. The number of carbonyl (C=O) groups is 1. The molecule has 7 heteroatoms. The van der Waals surface area contributed by atoms with Crippen LogP contribution >= 0.6 is 0 Å². The zero-order valence-electron chi connectivity index (χ0n) is 15.7. The third-order valence-electron chi connectivity index (χ3n) is 4.07. The quantitative estimate of drug-likeness (QED) is 0.575. The van der Waals surface area contributed by atoms with Crippen LogP contribution in [0.15, 0.2) is 16.2 Å². The van der Waals surface area contributed by atoms with Gasteiger partial charge in [0, 0.05) is 12.5 Å². The molecule has 1 aliphatic carbocycles. The van der Waals surface area contributed by atoms with E-state index in [0.29, 0.717) is 18.4 Å². The van der Waals surface area contributed by atoms with Crippen molar-refractivity contribution in [3.8, 4) is 0 Å². The van der Waals surface area contributed by atoms with Gasteiger partial charge < -0.3 is 20.3 Å². The molecule has 1 amide bonds. The Balaban J connectivity index is 1.65. The van der Waals surface area contributed by atoms with E-state index in [-0.39, 0.29) is 12.1 Å². The Kier molecular flexibility index (Phi) is 6.58. The molecule has 1 heterocycles. The first-order valence-corrected chi connectivity index (χ1v) is 8.96. The van der Waals surface area contributed by atoms with Gasteiger partial charge in [-0.15, -0.1) is 0 Å². The van der Waals surface area contributed by atoms with Crippen molar-refractivity contribution in [1.82, 2.24) is 15.5 Å². The molecule has 3 N–H and O–H groups in total. The van der Waals surface area contributed by atoms with Crippen molar-refractivity contribution < 1.29 is 14.1 Å². The highest BCUT2D eigenvalue weighted by molar-refractivity contribution is 5.67. The summed E-state index contributed by atoms with van der Waals surface area (Å²) >= 11 is 0. The average Bonchev–Trinajstić information content (AvgIpc) is 3.13. The number of unbranched alkanes of at least 4 members (excludes halogenated alkanes) is 1. The van der Waals surface area contributed by atoms with Crippen molar-refractivity contribution in [2.45, 2.75) is 77.4 Å². The largest absolute Gasteiger partial charge is 0.444 e. The van der Waals surface area contributed by atoms with E-state index < -0.39 is 5.60 Å². The molecule has 1 aliphatic rings. The molecule has 0 saturated carbocycles. The second-order valence-corrected chi connectivity index (χ2v) is 7.71. The number of alkyl carbamates (subject to hydrolysis) is 1. The second kappa shape index (κ2) is 8.47. The maximum Gasteiger partial charge on any atom is 0.407 e. The highest BCUT2D eigenvalue weighted by atomic mass is 16.6. The molecule has 0 fully saturated rings. The summed E-state index contributed by atoms with van der Waals surface area (Å²) in [6, 6.07) is -0.266. The Labute approximate surface area is 149 Å². The Morgan fingerprint density at radius 1 is 1.48 bits per heavy atom. The van der Waals surface area contributed by atoms with E-state index in [2.05, 4.69) is 28.5 Å². The summed E-state index contributed by atoms with van der Waals surface area (Å²) in [6.07, 6.45) is 6.20. The number of nitrogens with two attached hydrogens (primary N) is 1. The van der Waals surface area contributed by atoms with Crippen LogP contribution in [0.25, 0.3) is 0 Å². The number of ether oxygens (including phenoxy) is 1. The molecule has 2 rings (SSSR count). The number of aromatic nitrogens is 2. The fraction of sp³-hybridized carbons (Fsp3) is 0.722. The molecule has 25 heavy (non-hydrogen) atoms. The van der Waals surface area contributed by atoms with Crippen LogP contribution in [-0.4, -0.2) is 28.4 Å². The van der Waals surface area contributed by atoms with E-state index in [1.807, 2.05) is 20.8 Å². The molecular formula is C18H30N4O3. The Bertz CT molecular complexity index is 604.